The first-order valence-corrected chi connectivity index (χ1v) is 13.1. The van der Waals surface area contributed by atoms with Crippen LogP contribution in [0.25, 0.3) is 27.5 Å². The molecule has 0 bridgehead atoms. The van der Waals surface area contributed by atoms with E-state index in [4.69, 9.17) is 5.10 Å². The lowest BCUT2D eigenvalue weighted by atomic mass is 9.95. The molecule has 37 heavy (non-hydrogen) atoms. The molecule has 1 aliphatic carbocycles. The van der Waals surface area contributed by atoms with Gasteiger partial charge in [0, 0.05) is 56.0 Å². The average Bonchev–Trinajstić information content (AvgIpc) is 3.56. The highest BCUT2D eigenvalue weighted by Gasteiger charge is 2.30. The number of pyridine rings is 1. The third-order valence-corrected chi connectivity index (χ3v) is 7.75. The predicted octanol–water partition coefficient (Wildman–Crippen LogP) is 5.32. The van der Waals surface area contributed by atoms with Gasteiger partial charge in [-0.1, -0.05) is 11.3 Å². The quantitative estimate of drug-likeness (QED) is 0.398. The molecule has 4 heterocycles. The van der Waals surface area contributed by atoms with Gasteiger partial charge in [0.15, 0.2) is 10.9 Å². The van der Waals surface area contributed by atoms with Crippen molar-refractivity contribution in [1.29, 1.82) is 0 Å². The molecule has 8 nitrogen and oxygen atoms in total. The van der Waals surface area contributed by atoms with E-state index in [1.54, 1.807) is 16.9 Å². The Kier molecular flexibility index (Phi) is 5.83. The number of benzene rings is 1. The molecule has 3 aromatic heterocycles. The summed E-state index contributed by atoms with van der Waals surface area (Å²) in [4.78, 5) is 28.4. The van der Waals surface area contributed by atoms with Gasteiger partial charge in [0.2, 0.25) is 5.91 Å². The van der Waals surface area contributed by atoms with Crippen LogP contribution < -0.4 is 5.32 Å². The number of amidine groups is 1. The molecule has 0 spiro atoms. The van der Waals surface area contributed by atoms with Gasteiger partial charge < -0.3 is 10.2 Å². The zero-order chi connectivity index (χ0) is 25.7. The van der Waals surface area contributed by atoms with Crippen molar-refractivity contribution in [2.24, 2.45) is 4.99 Å². The lowest BCUT2D eigenvalue weighted by molar-refractivity contribution is -0.114. The number of nitrogens with one attached hydrogen (secondary N) is 1. The molecule has 1 saturated heterocycles. The fourth-order valence-electron chi connectivity index (χ4n) is 4.91. The number of aryl methyl sites for hydroxylation is 2. The van der Waals surface area contributed by atoms with Gasteiger partial charge in [0.1, 0.15) is 11.5 Å². The smallest absolute Gasteiger partial charge is 0.223 e. The van der Waals surface area contributed by atoms with Crippen LogP contribution in [0.5, 0.6) is 0 Å². The summed E-state index contributed by atoms with van der Waals surface area (Å²) in [7, 11) is 2.01. The Hall–Kier alpha value is -3.92. The third-order valence-electron chi connectivity index (χ3n) is 6.73. The monoisotopic (exact) mass is 515 g/mol. The molecule has 1 fully saturated rings. The highest BCUT2D eigenvalue weighted by atomic mass is 32.1. The van der Waals surface area contributed by atoms with Crippen LogP contribution in [0.2, 0.25) is 0 Å². The van der Waals surface area contributed by atoms with Crippen LogP contribution in [0.15, 0.2) is 41.5 Å². The van der Waals surface area contributed by atoms with E-state index in [0.29, 0.717) is 29.3 Å². The molecule has 1 N–H and O–H groups in total. The van der Waals surface area contributed by atoms with Gasteiger partial charge in [-0.15, -0.1) is 0 Å². The van der Waals surface area contributed by atoms with Crippen LogP contribution in [0, 0.1) is 12.7 Å². The lowest BCUT2D eigenvalue weighted by Gasteiger charge is -2.15. The van der Waals surface area contributed by atoms with Crippen molar-refractivity contribution in [3.8, 4) is 27.5 Å². The molecule has 0 atom stereocenters. The summed E-state index contributed by atoms with van der Waals surface area (Å²) in [5.74, 6) is 0.389. The Morgan fingerprint density at radius 2 is 2.05 bits per heavy atom. The molecule has 2 aliphatic rings. The number of thiazole rings is 1. The summed E-state index contributed by atoms with van der Waals surface area (Å²) < 4.78 is 17.3. The fraction of sp³-hybridized carbons (Fsp3) is 0.296. The van der Waals surface area contributed by atoms with Crippen LogP contribution >= 0.6 is 11.3 Å². The summed E-state index contributed by atoms with van der Waals surface area (Å²) in [6.45, 7) is 4.36. The van der Waals surface area contributed by atoms with E-state index >= 15 is 4.39 Å². The maximum Gasteiger partial charge on any atom is 0.223 e. The van der Waals surface area contributed by atoms with Crippen LogP contribution in [-0.4, -0.2) is 50.0 Å². The zero-order valence-corrected chi connectivity index (χ0v) is 21.7. The first kappa shape index (κ1) is 23.5. The second-order valence-electron chi connectivity index (χ2n) is 9.44. The maximum atomic E-state index is 15.7. The molecular formula is C27H26FN7OS. The first-order valence-electron chi connectivity index (χ1n) is 12.3. The minimum Gasteiger partial charge on any atom is -0.363 e. The fourth-order valence-corrected chi connectivity index (χ4v) is 6.03. The van der Waals surface area contributed by atoms with Crippen molar-refractivity contribution in [3.05, 3.63) is 59.3 Å². The summed E-state index contributed by atoms with van der Waals surface area (Å²) >= 11 is 1.39. The first-order chi connectivity index (χ1) is 17.9. The number of aliphatic imine (C=N–C) groups is 1. The number of halogens is 1. The largest absolute Gasteiger partial charge is 0.363 e. The molecule has 0 radical (unpaired) electrons. The summed E-state index contributed by atoms with van der Waals surface area (Å²) in [6, 6.07) is 8.98. The standard InChI is InChI=1S/C27H26FN7OS/c1-15-6-7-17(14-29-15)24-19-9-10-21-26(37-27(32-21)30-16(2)36)25(19)35(33-24)22-11-8-18(13-20(22)28)31-23-5-4-12-34(23)3/h6-8,11,13-14H,4-5,9-10,12H2,1-3H3,(H,30,32,36)/b31-23+. The van der Waals surface area contributed by atoms with E-state index in [2.05, 4.69) is 25.2 Å². The van der Waals surface area contributed by atoms with E-state index in [9.17, 15) is 4.79 Å². The van der Waals surface area contributed by atoms with Gasteiger partial charge in [0.25, 0.3) is 0 Å². The molecule has 1 aromatic carbocycles. The predicted molar refractivity (Wildman–Crippen MR) is 143 cm³/mol. The lowest BCUT2D eigenvalue weighted by Crippen LogP contribution is -2.18. The molecule has 188 valence electrons. The van der Waals surface area contributed by atoms with Crippen LogP contribution in [-0.2, 0) is 17.6 Å². The topological polar surface area (TPSA) is 88.3 Å². The van der Waals surface area contributed by atoms with Gasteiger partial charge in [-0.25, -0.2) is 19.0 Å². The summed E-state index contributed by atoms with van der Waals surface area (Å²) in [5.41, 5.74) is 6.20. The van der Waals surface area contributed by atoms with Crippen molar-refractivity contribution in [3.63, 3.8) is 0 Å². The van der Waals surface area contributed by atoms with Crippen molar-refractivity contribution in [2.45, 2.75) is 39.5 Å². The highest BCUT2D eigenvalue weighted by molar-refractivity contribution is 7.19. The molecule has 6 rings (SSSR count). The number of rotatable bonds is 4. The van der Waals surface area contributed by atoms with E-state index in [0.717, 1.165) is 64.0 Å². The zero-order valence-electron chi connectivity index (χ0n) is 20.9. The number of aromatic nitrogens is 4. The number of fused-ring (bicyclic) bond motifs is 3. The third kappa shape index (κ3) is 4.31. The Balaban J connectivity index is 1.50. The second-order valence-corrected chi connectivity index (χ2v) is 10.4. The number of anilines is 1. The number of amides is 1. The van der Waals surface area contributed by atoms with Gasteiger partial charge in [-0.2, -0.15) is 5.10 Å². The van der Waals surface area contributed by atoms with Gasteiger partial charge >= 0.3 is 0 Å². The molecule has 1 amide bonds. The molecule has 10 heteroatoms. The van der Waals surface area contributed by atoms with Crippen molar-refractivity contribution in [2.75, 3.05) is 18.9 Å². The van der Waals surface area contributed by atoms with E-state index in [1.807, 2.05) is 32.2 Å². The number of carbonyl (C=O) groups is 1. The summed E-state index contributed by atoms with van der Waals surface area (Å²) in [5, 5.41) is 8.24. The minimum atomic E-state index is -0.403. The Morgan fingerprint density at radius 3 is 2.76 bits per heavy atom. The Labute approximate surface area is 217 Å². The molecule has 0 unspecified atom stereocenters. The average molecular weight is 516 g/mol. The number of hydrogen-bond acceptors (Lipinski definition) is 6. The van der Waals surface area contributed by atoms with Crippen LogP contribution in [0.3, 0.4) is 0 Å². The van der Waals surface area contributed by atoms with Crippen molar-refractivity contribution in [1.82, 2.24) is 24.6 Å². The SMILES string of the molecule is CC(=O)Nc1nc2c(s1)-c1c(c(-c3ccc(C)nc3)nn1-c1ccc(/N=C3\CCCN3C)cc1F)CC2. The number of hydrogen-bond donors (Lipinski definition) is 1. The van der Waals surface area contributed by atoms with Crippen LogP contribution in [0.4, 0.5) is 15.2 Å². The van der Waals surface area contributed by atoms with E-state index in [1.165, 1.54) is 24.3 Å². The second kappa shape index (κ2) is 9.19. The molecular weight excluding hydrogens is 489 g/mol. The normalized spacial score (nSPS) is 15.7. The molecule has 0 saturated carbocycles. The van der Waals surface area contributed by atoms with Crippen LogP contribution in [0.1, 0.15) is 36.7 Å². The minimum absolute atomic E-state index is 0.178. The van der Waals surface area contributed by atoms with E-state index < -0.39 is 5.82 Å². The molecule has 1 aliphatic heterocycles. The van der Waals surface area contributed by atoms with Gasteiger partial charge in [-0.3, -0.25) is 9.78 Å². The Bertz CT molecular complexity index is 1550. The highest BCUT2D eigenvalue weighted by Crippen LogP contribution is 2.44. The Morgan fingerprint density at radius 1 is 1.19 bits per heavy atom. The summed E-state index contributed by atoms with van der Waals surface area (Å²) in [6.07, 6.45) is 5.17. The number of nitrogens with zero attached hydrogens (tertiary/aromatic N) is 6. The molecule has 4 aromatic rings. The van der Waals surface area contributed by atoms with Gasteiger partial charge in [0.05, 0.1) is 27.6 Å². The number of likely N-dealkylation sites (tertiary alicyclic amines) is 1. The van der Waals surface area contributed by atoms with Crippen molar-refractivity contribution < 1.29 is 9.18 Å². The number of carbonyl (C=O) groups excluding carboxylic acids is 1. The van der Waals surface area contributed by atoms with E-state index in [-0.39, 0.29) is 5.91 Å². The van der Waals surface area contributed by atoms with Gasteiger partial charge in [-0.05, 0) is 50.5 Å². The van der Waals surface area contributed by atoms with Crippen molar-refractivity contribution >= 4 is 33.9 Å². The maximum absolute atomic E-state index is 15.7.